The van der Waals surface area contributed by atoms with Crippen LogP contribution in [0.3, 0.4) is 0 Å². The van der Waals surface area contributed by atoms with Gasteiger partial charge in [-0.15, -0.1) is 11.8 Å². The Morgan fingerprint density at radius 2 is 1.80 bits per heavy atom. The Kier molecular flexibility index (Phi) is 7.91. The maximum Gasteiger partial charge on any atom is 0.254 e. The minimum absolute atomic E-state index is 0.0573. The molecule has 0 bridgehead atoms. The number of ether oxygens (including phenoxy) is 2. The molecular weight excluding hydrogens is 560 g/mol. The molecule has 1 aromatic heterocycles. The second-order valence-electron chi connectivity index (χ2n) is 11.5. The highest BCUT2D eigenvalue weighted by atomic mass is 35.5. The van der Waals surface area contributed by atoms with Gasteiger partial charge in [0.05, 0.1) is 5.02 Å². The number of rotatable bonds is 7. The van der Waals surface area contributed by atoms with Crippen molar-refractivity contribution in [3.63, 3.8) is 0 Å². The van der Waals surface area contributed by atoms with E-state index in [9.17, 15) is 18.4 Å². The molecule has 1 amide bonds. The molecule has 2 N–H and O–H groups in total. The molecule has 1 aliphatic heterocycles. The molecule has 7 nitrogen and oxygen atoms in total. The zero-order valence-electron chi connectivity index (χ0n) is 23.5. The number of thioether (sulfide) groups is 1. The van der Waals surface area contributed by atoms with Gasteiger partial charge < -0.3 is 24.7 Å². The number of nitrogens with one attached hydrogen (secondary N) is 2. The summed E-state index contributed by atoms with van der Waals surface area (Å²) in [5.41, 5.74) is 1.99. The van der Waals surface area contributed by atoms with E-state index in [1.54, 1.807) is 13.0 Å². The Morgan fingerprint density at radius 1 is 1.15 bits per heavy atom. The van der Waals surface area contributed by atoms with Gasteiger partial charge in [0.2, 0.25) is 0 Å². The SMILES string of the molecule is CSc1cc(C)[nH]c(=O)c1CNC(=O)c1cc(Cl)c2c(c1C)O[C@](C)(C1CCC(N(C)C3CC(F)(F)C3)CC1)O2. The lowest BCUT2D eigenvalue weighted by Gasteiger charge is -2.47. The standard InChI is InChI=1S/C29H36ClF2N3O4S/c1-15-10-23(40-5)21(27(37)34-15)14-33-26(36)20-11-22(30)25-24(16(20)2)38-28(3,39-25)17-6-8-18(9-7-17)35(4)19-12-29(31,32)13-19/h10-11,17-19H,6-9,12-14H2,1-5H3,(H,33,36)(H,34,37)/t17?,18?,28-/m0/s1. The number of halogens is 3. The van der Waals surface area contributed by atoms with Crippen LogP contribution in [0.1, 0.15) is 72.6 Å². The molecule has 2 aromatic rings. The first-order valence-electron chi connectivity index (χ1n) is 13.7. The van der Waals surface area contributed by atoms with Gasteiger partial charge >= 0.3 is 0 Å². The molecule has 2 aliphatic carbocycles. The number of aromatic amines is 1. The van der Waals surface area contributed by atoms with Crippen molar-refractivity contribution in [1.82, 2.24) is 15.2 Å². The van der Waals surface area contributed by atoms with Crippen molar-refractivity contribution in [2.45, 2.75) is 94.5 Å². The number of aromatic nitrogens is 1. The molecule has 2 fully saturated rings. The fraction of sp³-hybridized carbons (Fsp3) is 0.586. The lowest BCUT2D eigenvalue weighted by atomic mass is 9.79. The Morgan fingerprint density at radius 3 is 2.42 bits per heavy atom. The predicted molar refractivity (Wildman–Crippen MR) is 152 cm³/mol. The van der Waals surface area contributed by atoms with E-state index in [2.05, 4.69) is 15.2 Å². The van der Waals surface area contributed by atoms with E-state index in [1.165, 1.54) is 11.8 Å². The van der Waals surface area contributed by atoms with Crippen LogP contribution < -0.4 is 20.3 Å². The summed E-state index contributed by atoms with van der Waals surface area (Å²) < 4.78 is 39.5. The van der Waals surface area contributed by atoms with Crippen LogP contribution in [0, 0.1) is 19.8 Å². The Bertz CT molecular complexity index is 1370. The van der Waals surface area contributed by atoms with Crippen LogP contribution >= 0.6 is 23.4 Å². The number of carbonyl (C=O) groups excluding carboxylic acids is 1. The molecule has 0 unspecified atom stereocenters. The van der Waals surface area contributed by atoms with Gasteiger partial charge in [-0.2, -0.15) is 0 Å². The monoisotopic (exact) mass is 595 g/mol. The number of hydrogen-bond donors (Lipinski definition) is 2. The second-order valence-corrected chi connectivity index (χ2v) is 12.8. The van der Waals surface area contributed by atoms with Crippen molar-refractivity contribution >= 4 is 29.3 Å². The summed E-state index contributed by atoms with van der Waals surface area (Å²) in [5.74, 6) is -2.87. The van der Waals surface area contributed by atoms with Gasteiger partial charge in [-0.1, -0.05) is 11.6 Å². The number of benzene rings is 1. The van der Waals surface area contributed by atoms with E-state index in [0.717, 1.165) is 36.3 Å². The molecule has 40 heavy (non-hydrogen) atoms. The highest BCUT2D eigenvalue weighted by Gasteiger charge is 2.51. The van der Waals surface area contributed by atoms with Crippen LogP contribution in [-0.2, 0) is 6.54 Å². The van der Waals surface area contributed by atoms with Crippen molar-refractivity contribution in [1.29, 1.82) is 0 Å². The fourth-order valence-corrected chi connectivity index (χ4v) is 7.21. The topological polar surface area (TPSA) is 83.7 Å². The van der Waals surface area contributed by atoms with Gasteiger partial charge in [-0.25, -0.2) is 8.78 Å². The van der Waals surface area contributed by atoms with Gasteiger partial charge in [0.1, 0.15) is 0 Å². The van der Waals surface area contributed by atoms with Crippen molar-refractivity contribution in [3.8, 4) is 11.5 Å². The smallest absolute Gasteiger partial charge is 0.254 e. The van der Waals surface area contributed by atoms with Gasteiger partial charge in [-0.05, 0) is 65.0 Å². The third-order valence-electron chi connectivity index (χ3n) is 8.83. The number of fused-ring (bicyclic) bond motifs is 1. The first-order valence-corrected chi connectivity index (χ1v) is 15.3. The number of pyridine rings is 1. The van der Waals surface area contributed by atoms with Gasteiger partial charge in [-0.3, -0.25) is 9.59 Å². The van der Waals surface area contributed by atoms with Gasteiger partial charge in [0, 0.05) is 71.6 Å². The maximum absolute atomic E-state index is 13.4. The van der Waals surface area contributed by atoms with Crippen molar-refractivity contribution in [2.24, 2.45) is 5.92 Å². The molecule has 0 spiro atoms. The summed E-state index contributed by atoms with van der Waals surface area (Å²) in [6.45, 7) is 5.59. The molecule has 0 saturated heterocycles. The normalized spacial score (nSPS) is 25.6. The van der Waals surface area contributed by atoms with Crippen LogP contribution in [0.15, 0.2) is 21.8 Å². The van der Waals surface area contributed by atoms with E-state index in [4.69, 9.17) is 21.1 Å². The minimum atomic E-state index is -2.52. The zero-order chi connectivity index (χ0) is 29.0. The lowest BCUT2D eigenvalue weighted by molar-refractivity contribution is -0.141. The number of amides is 1. The predicted octanol–water partition coefficient (Wildman–Crippen LogP) is 6.07. The Hall–Kier alpha value is -2.30. The van der Waals surface area contributed by atoms with Crippen molar-refractivity contribution < 1.29 is 23.0 Å². The minimum Gasteiger partial charge on any atom is -0.448 e. The molecule has 3 aliphatic rings. The first kappa shape index (κ1) is 29.2. The molecule has 5 rings (SSSR count). The van der Waals surface area contributed by atoms with E-state index < -0.39 is 11.7 Å². The van der Waals surface area contributed by atoms with Crippen LogP contribution in [0.5, 0.6) is 11.5 Å². The average molecular weight is 596 g/mol. The molecule has 0 radical (unpaired) electrons. The van der Waals surface area contributed by atoms with Gasteiger partial charge in [0.25, 0.3) is 23.2 Å². The summed E-state index contributed by atoms with van der Waals surface area (Å²) >= 11 is 8.05. The van der Waals surface area contributed by atoms with Crippen LogP contribution in [-0.4, -0.2) is 52.9 Å². The van der Waals surface area contributed by atoms with Crippen LogP contribution in [0.25, 0.3) is 0 Å². The van der Waals surface area contributed by atoms with E-state index in [0.29, 0.717) is 28.2 Å². The Balaban J connectivity index is 1.26. The molecule has 1 atom stereocenters. The number of carbonyl (C=O) groups is 1. The Labute approximate surface area is 242 Å². The molecule has 218 valence electrons. The number of hydrogen-bond acceptors (Lipinski definition) is 6. The second kappa shape index (κ2) is 10.8. The number of alkyl halides is 2. The lowest BCUT2D eigenvalue weighted by Crippen LogP contribution is -2.54. The van der Waals surface area contributed by atoms with Crippen LogP contribution in [0.4, 0.5) is 8.78 Å². The van der Waals surface area contributed by atoms with Crippen molar-refractivity contribution in [3.05, 3.63) is 49.9 Å². The molecule has 1 aromatic carbocycles. The zero-order valence-corrected chi connectivity index (χ0v) is 25.0. The number of nitrogens with zero attached hydrogens (tertiary/aromatic N) is 1. The fourth-order valence-electron chi connectivity index (χ4n) is 6.27. The van der Waals surface area contributed by atoms with E-state index in [-0.39, 0.29) is 53.9 Å². The third kappa shape index (κ3) is 5.46. The number of H-pyrrole nitrogens is 1. The molecule has 2 saturated carbocycles. The quantitative estimate of drug-likeness (QED) is 0.378. The molecule has 11 heteroatoms. The molecular formula is C29H36ClF2N3O4S. The van der Waals surface area contributed by atoms with E-state index in [1.807, 2.05) is 33.2 Å². The van der Waals surface area contributed by atoms with E-state index >= 15 is 0 Å². The average Bonchev–Trinajstić information content (AvgIpc) is 3.27. The summed E-state index contributed by atoms with van der Waals surface area (Å²) in [5, 5.41) is 3.14. The van der Waals surface area contributed by atoms with Gasteiger partial charge in [0.15, 0.2) is 11.5 Å². The van der Waals surface area contributed by atoms with Crippen molar-refractivity contribution in [2.75, 3.05) is 13.3 Å². The third-order valence-corrected chi connectivity index (χ3v) is 9.91. The maximum atomic E-state index is 13.4. The highest BCUT2D eigenvalue weighted by Crippen LogP contribution is 2.52. The number of aryl methyl sites for hydroxylation is 1. The summed E-state index contributed by atoms with van der Waals surface area (Å²) in [6, 6.07) is 3.67. The summed E-state index contributed by atoms with van der Waals surface area (Å²) in [6.07, 6.45) is 5.17. The highest BCUT2D eigenvalue weighted by molar-refractivity contribution is 7.98. The largest absolute Gasteiger partial charge is 0.448 e. The summed E-state index contributed by atoms with van der Waals surface area (Å²) in [4.78, 5) is 31.4. The molecule has 2 heterocycles. The first-order chi connectivity index (χ1) is 18.8. The summed E-state index contributed by atoms with van der Waals surface area (Å²) in [7, 11) is 1.96. The van der Waals surface area contributed by atoms with Crippen LogP contribution in [0.2, 0.25) is 5.02 Å².